The van der Waals surface area contributed by atoms with Crippen molar-refractivity contribution in [3.63, 3.8) is 0 Å². The molecule has 4 aromatic rings. The Morgan fingerprint density at radius 1 is 0.844 bits per heavy atom. The van der Waals surface area contributed by atoms with Crippen LogP contribution in [0.4, 0.5) is 0 Å². The molecule has 0 saturated carbocycles. The zero-order chi connectivity index (χ0) is 32.1. The van der Waals surface area contributed by atoms with Crippen LogP contribution in [0.25, 0.3) is 11.0 Å². The minimum absolute atomic E-state index is 0.128. The van der Waals surface area contributed by atoms with E-state index in [2.05, 4.69) is 0 Å². The summed E-state index contributed by atoms with van der Waals surface area (Å²) in [6, 6.07) is 13.6. The van der Waals surface area contributed by atoms with E-state index in [0.29, 0.717) is 78.4 Å². The molecule has 1 atom stereocenters. The van der Waals surface area contributed by atoms with E-state index in [9.17, 15) is 9.59 Å². The van der Waals surface area contributed by atoms with Crippen LogP contribution in [0, 0.1) is 6.92 Å². The fourth-order valence-electron chi connectivity index (χ4n) is 5.70. The highest BCUT2D eigenvalue weighted by Gasteiger charge is 2.34. The van der Waals surface area contributed by atoms with Crippen molar-refractivity contribution in [1.29, 1.82) is 0 Å². The standard InChI is InChI=1S/C35H39NO9/c1-7-41-31-16-23(17-32(42-8-2)34(31)43-9-3)35(38)36-13-12-22-15-29(39-5)30(40-6)19-26(22)27(36)20-44-24-10-11-25-21(4)14-33(37)45-28(25)18-24/h10-11,14-19,27H,7-9,12-13,20H2,1-6H3. The number of nitrogens with zero attached hydrogens (tertiary/aromatic N) is 1. The van der Waals surface area contributed by atoms with Crippen molar-refractivity contribution < 1.29 is 37.6 Å². The molecular weight excluding hydrogens is 578 g/mol. The zero-order valence-corrected chi connectivity index (χ0v) is 26.6. The van der Waals surface area contributed by atoms with E-state index >= 15 is 0 Å². The van der Waals surface area contributed by atoms with Crippen molar-refractivity contribution in [2.24, 2.45) is 0 Å². The van der Waals surface area contributed by atoms with Gasteiger partial charge in [0, 0.05) is 29.6 Å². The summed E-state index contributed by atoms with van der Waals surface area (Å²) in [7, 11) is 3.18. The van der Waals surface area contributed by atoms with Crippen molar-refractivity contribution in [1.82, 2.24) is 4.90 Å². The molecule has 238 valence electrons. The fourth-order valence-corrected chi connectivity index (χ4v) is 5.70. The first-order valence-corrected chi connectivity index (χ1v) is 15.1. The molecule has 2 heterocycles. The minimum atomic E-state index is -0.487. The first kappa shape index (κ1) is 31.6. The summed E-state index contributed by atoms with van der Waals surface area (Å²) >= 11 is 0. The maximum Gasteiger partial charge on any atom is 0.336 e. The summed E-state index contributed by atoms with van der Waals surface area (Å²) in [5.74, 6) is 2.82. The topological polar surface area (TPSA) is 106 Å². The molecule has 1 unspecified atom stereocenters. The van der Waals surface area contributed by atoms with Crippen molar-refractivity contribution in [2.75, 3.05) is 47.2 Å². The van der Waals surface area contributed by atoms with Gasteiger partial charge in [0.05, 0.1) is 40.1 Å². The monoisotopic (exact) mass is 617 g/mol. The van der Waals surface area contributed by atoms with Crippen molar-refractivity contribution in [2.45, 2.75) is 40.2 Å². The van der Waals surface area contributed by atoms with E-state index in [1.54, 1.807) is 37.3 Å². The lowest BCUT2D eigenvalue weighted by Crippen LogP contribution is -2.42. The maximum atomic E-state index is 14.4. The van der Waals surface area contributed by atoms with Crippen LogP contribution in [-0.4, -0.2) is 58.0 Å². The average molecular weight is 618 g/mol. The molecule has 0 aliphatic carbocycles. The van der Waals surface area contributed by atoms with Crippen molar-refractivity contribution in [3.05, 3.63) is 81.2 Å². The molecule has 45 heavy (non-hydrogen) atoms. The highest BCUT2D eigenvalue weighted by Crippen LogP contribution is 2.42. The van der Waals surface area contributed by atoms with Gasteiger partial charge in [-0.2, -0.15) is 0 Å². The van der Waals surface area contributed by atoms with Gasteiger partial charge >= 0.3 is 5.63 Å². The predicted octanol–water partition coefficient (Wildman–Crippen LogP) is 6.13. The number of aryl methyl sites for hydroxylation is 1. The lowest BCUT2D eigenvalue weighted by molar-refractivity contribution is 0.0588. The molecule has 0 radical (unpaired) electrons. The number of rotatable bonds is 12. The Hall–Kier alpha value is -4.86. The van der Waals surface area contributed by atoms with Gasteiger partial charge in [-0.1, -0.05) is 0 Å². The van der Waals surface area contributed by atoms with E-state index in [-0.39, 0.29) is 12.5 Å². The molecule has 10 nitrogen and oxygen atoms in total. The van der Waals surface area contributed by atoms with Crippen LogP contribution in [0.1, 0.15) is 53.9 Å². The molecule has 3 aromatic carbocycles. The Kier molecular flexibility index (Phi) is 9.71. The Morgan fingerprint density at radius 2 is 1.51 bits per heavy atom. The van der Waals surface area contributed by atoms with Crippen LogP contribution in [0.5, 0.6) is 34.5 Å². The smallest absolute Gasteiger partial charge is 0.336 e. The summed E-state index contributed by atoms with van der Waals surface area (Å²) in [6.45, 7) is 9.26. The van der Waals surface area contributed by atoms with E-state index < -0.39 is 11.7 Å². The van der Waals surface area contributed by atoms with Crippen LogP contribution in [-0.2, 0) is 6.42 Å². The van der Waals surface area contributed by atoms with E-state index in [4.69, 9.17) is 32.8 Å². The quantitative estimate of drug-likeness (QED) is 0.174. The number of ether oxygens (including phenoxy) is 6. The number of carbonyl (C=O) groups excluding carboxylic acids is 1. The number of carbonyl (C=O) groups is 1. The van der Waals surface area contributed by atoms with Crippen LogP contribution in [0.2, 0.25) is 0 Å². The van der Waals surface area contributed by atoms with Crippen LogP contribution in [0.3, 0.4) is 0 Å². The van der Waals surface area contributed by atoms with Gasteiger partial charge in [-0.25, -0.2) is 4.79 Å². The predicted molar refractivity (Wildman–Crippen MR) is 170 cm³/mol. The lowest BCUT2D eigenvalue weighted by atomic mass is 9.91. The molecule has 0 saturated heterocycles. The van der Waals surface area contributed by atoms with Crippen LogP contribution in [0.15, 0.2) is 57.7 Å². The van der Waals surface area contributed by atoms with E-state index in [1.807, 2.05) is 52.0 Å². The number of hydrogen-bond acceptors (Lipinski definition) is 9. The highest BCUT2D eigenvalue weighted by atomic mass is 16.5. The summed E-state index contributed by atoms with van der Waals surface area (Å²) < 4.78 is 40.6. The van der Waals surface area contributed by atoms with Gasteiger partial charge in [0.15, 0.2) is 23.0 Å². The van der Waals surface area contributed by atoms with Gasteiger partial charge in [-0.05, 0) is 87.2 Å². The van der Waals surface area contributed by atoms with Gasteiger partial charge in [-0.15, -0.1) is 0 Å². The molecule has 1 aliphatic heterocycles. The summed E-state index contributed by atoms with van der Waals surface area (Å²) in [5.41, 5.74) is 3.15. The molecular formula is C35H39NO9. The third-order valence-electron chi connectivity index (χ3n) is 7.75. The minimum Gasteiger partial charge on any atom is -0.493 e. The Labute approximate surface area is 262 Å². The largest absolute Gasteiger partial charge is 0.493 e. The molecule has 0 N–H and O–H groups in total. The van der Waals surface area contributed by atoms with Gasteiger partial charge in [0.2, 0.25) is 5.75 Å². The van der Waals surface area contributed by atoms with Gasteiger partial charge < -0.3 is 37.7 Å². The molecule has 1 aliphatic rings. The Bertz CT molecular complexity index is 1720. The Morgan fingerprint density at radius 3 is 2.16 bits per heavy atom. The number of benzene rings is 3. The molecule has 5 rings (SSSR count). The van der Waals surface area contributed by atoms with Crippen molar-refractivity contribution in [3.8, 4) is 34.5 Å². The molecule has 0 bridgehead atoms. The summed E-state index contributed by atoms with van der Waals surface area (Å²) in [6.07, 6.45) is 0.603. The third-order valence-corrected chi connectivity index (χ3v) is 7.75. The molecule has 1 amide bonds. The molecule has 10 heteroatoms. The zero-order valence-electron chi connectivity index (χ0n) is 26.6. The molecule has 0 spiro atoms. The number of fused-ring (bicyclic) bond motifs is 2. The second kappa shape index (κ2) is 13.8. The highest BCUT2D eigenvalue weighted by molar-refractivity contribution is 5.96. The first-order chi connectivity index (χ1) is 21.8. The van der Waals surface area contributed by atoms with Crippen molar-refractivity contribution >= 4 is 16.9 Å². The fraction of sp³-hybridized carbons (Fsp3) is 0.371. The number of amides is 1. The van der Waals surface area contributed by atoms with E-state index in [0.717, 1.165) is 22.1 Å². The number of hydrogen-bond donors (Lipinski definition) is 0. The second-order valence-corrected chi connectivity index (χ2v) is 10.5. The van der Waals surface area contributed by atoms with E-state index in [1.165, 1.54) is 6.07 Å². The maximum absolute atomic E-state index is 14.4. The van der Waals surface area contributed by atoms with Crippen LogP contribution < -0.4 is 34.0 Å². The van der Waals surface area contributed by atoms with Gasteiger partial charge in [-0.3, -0.25) is 4.79 Å². The molecule has 1 aromatic heterocycles. The lowest BCUT2D eigenvalue weighted by Gasteiger charge is -2.38. The second-order valence-electron chi connectivity index (χ2n) is 10.5. The Balaban J connectivity index is 1.55. The average Bonchev–Trinajstić information content (AvgIpc) is 3.03. The summed E-state index contributed by atoms with van der Waals surface area (Å²) in [4.78, 5) is 28.2. The molecule has 0 fully saturated rings. The van der Waals surface area contributed by atoms with Gasteiger partial charge in [0.1, 0.15) is 17.9 Å². The number of methoxy groups -OCH3 is 2. The third kappa shape index (κ3) is 6.50. The van der Waals surface area contributed by atoms with Crippen LogP contribution >= 0.6 is 0 Å². The van der Waals surface area contributed by atoms with Gasteiger partial charge in [0.25, 0.3) is 5.91 Å². The normalized spacial score (nSPS) is 14.1. The summed E-state index contributed by atoms with van der Waals surface area (Å²) in [5, 5.41) is 0.823. The SMILES string of the molecule is CCOc1cc(C(=O)N2CCc3cc(OC)c(OC)cc3C2COc2ccc3c(C)cc(=O)oc3c2)cc(OCC)c1OCC. The first-order valence-electron chi connectivity index (χ1n) is 15.1.